The van der Waals surface area contributed by atoms with Gasteiger partial charge in [-0.15, -0.1) is 0 Å². The minimum Gasteiger partial charge on any atom is -0.390 e. The molecule has 0 saturated carbocycles. The number of aryl methyl sites for hydroxylation is 1. The van der Waals surface area contributed by atoms with Gasteiger partial charge in [0.2, 0.25) is 0 Å². The van der Waals surface area contributed by atoms with Gasteiger partial charge in [-0.25, -0.2) is 9.37 Å². The van der Waals surface area contributed by atoms with Gasteiger partial charge >= 0.3 is 0 Å². The zero-order valence-electron chi connectivity index (χ0n) is 13.4. The summed E-state index contributed by atoms with van der Waals surface area (Å²) >= 11 is 1.58. The van der Waals surface area contributed by atoms with Crippen LogP contribution in [0.2, 0.25) is 0 Å². The van der Waals surface area contributed by atoms with Crippen LogP contribution in [0.15, 0.2) is 59.9 Å². The van der Waals surface area contributed by atoms with Crippen molar-refractivity contribution in [3.63, 3.8) is 0 Å². The molecule has 5 heteroatoms. The molecule has 0 fully saturated rings. The molecule has 3 nitrogen and oxygen atoms in total. The first-order chi connectivity index (χ1) is 11.7. The Morgan fingerprint density at radius 1 is 1.12 bits per heavy atom. The SMILES string of the molecule is Cc1cccc(Cn2c(CO)cnc2SCc2ccc(F)cc2)c1. The largest absolute Gasteiger partial charge is 0.390 e. The molecule has 0 radical (unpaired) electrons. The van der Waals surface area contributed by atoms with Crippen molar-refractivity contribution in [2.45, 2.75) is 31.0 Å². The monoisotopic (exact) mass is 342 g/mol. The molecule has 0 amide bonds. The molecule has 0 aliphatic rings. The summed E-state index contributed by atoms with van der Waals surface area (Å²) in [5.41, 5.74) is 4.21. The summed E-state index contributed by atoms with van der Waals surface area (Å²) in [7, 11) is 0. The van der Waals surface area contributed by atoms with Crippen LogP contribution in [0.3, 0.4) is 0 Å². The molecule has 0 aliphatic carbocycles. The van der Waals surface area contributed by atoms with Gasteiger partial charge < -0.3 is 9.67 Å². The van der Waals surface area contributed by atoms with Gasteiger partial charge in [0.15, 0.2) is 5.16 Å². The highest BCUT2D eigenvalue weighted by Gasteiger charge is 2.11. The van der Waals surface area contributed by atoms with Crippen LogP contribution in [0.1, 0.15) is 22.4 Å². The van der Waals surface area contributed by atoms with Crippen LogP contribution in [-0.2, 0) is 18.9 Å². The van der Waals surface area contributed by atoms with E-state index < -0.39 is 0 Å². The Morgan fingerprint density at radius 3 is 2.62 bits per heavy atom. The lowest BCUT2D eigenvalue weighted by Crippen LogP contribution is -2.06. The summed E-state index contributed by atoms with van der Waals surface area (Å²) in [6.45, 7) is 2.69. The molecule has 0 unspecified atom stereocenters. The van der Waals surface area contributed by atoms with Crippen molar-refractivity contribution in [1.82, 2.24) is 9.55 Å². The molecule has 0 aliphatic heterocycles. The number of nitrogens with zero attached hydrogens (tertiary/aromatic N) is 2. The van der Waals surface area contributed by atoms with Crippen molar-refractivity contribution in [1.29, 1.82) is 0 Å². The third kappa shape index (κ3) is 4.04. The number of hydrogen-bond acceptors (Lipinski definition) is 3. The highest BCUT2D eigenvalue weighted by atomic mass is 32.2. The molecule has 0 spiro atoms. The van der Waals surface area contributed by atoms with E-state index in [0.717, 1.165) is 16.4 Å². The van der Waals surface area contributed by atoms with Gasteiger partial charge in [0, 0.05) is 12.3 Å². The van der Waals surface area contributed by atoms with Crippen molar-refractivity contribution in [3.8, 4) is 0 Å². The molecular formula is C19H19FN2OS. The van der Waals surface area contributed by atoms with Gasteiger partial charge in [-0.2, -0.15) is 0 Å². The van der Waals surface area contributed by atoms with Crippen molar-refractivity contribution in [2.75, 3.05) is 0 Å². The maximum Gasteiger partial charge on any atom is 0.168 e. The first-order valence-corrected chi connectivity index (χ1v) is 8.72. The molecule has 3 rings (SSSR count). The molecule has 0 atom stereocenters. The van der Waals surface area contributed by atoms with E-state index in [2.05, 4.69) is 30.1 Å². The molecule has 1 N–H and O–H groups in total. The zero-order valence-corrected chi connectivity index (χ0v) is 14.3. The minimum absolute atomic E-state index is 0.0457. The third-order valence-corrected chi connectivity index (χ3v) is 4.83. The van der Waals surface area contributed by atoms with Gasteiger partial charge in [-0.1, -0.05) is 53.7 Å². The molecule has 3 aromatic rings. The van der Waals surface area contributed by atoms with E-state index in [-0.39, 0.29) is 12.4 Å². The van der Waals surface area contributed by atoms with E-state index in [9.17, 15) is 9.50 Å². The summed E-state index contributed by atoms with van der Waals surface area (Å²) in [6, 6.07) is 14.8. The highest BCUT2D eigenvalue weighted by Crippen LogP contribution is 2.24. The molecule has 0 saturated heterocycles. The maximum absolute atomic E-state index is 13.0. The van der Waals surface area contributed by atoms with E-state index in [4.69, 9.17) is 0 Å². The van der Waals surface area contributed by atoms with Crippen LogP contribution < -0.4 is 0 Å². The number of benzene rings is 2. The van der Waals surface area contributed by atoms with Crippen LogP contribution in [0.5, 0.6) is 0 Å². The number of imidazole rings is 1. The van der Waals surface area contributed by atoms with Crippen LogP contribution in [0.25, 0.3) is 0 Å². The number of thioether (sulfide) groups is 1. The topological polar surface area (TPSA) is 38.0 Å². The number of aliphatic hydroxyl groups excluding tert-OH is 1. The average Bonchev–Trinajstić information content (AvgIpc) is 2.96. The Balaban J connectivity index is 1.78. The van der Waals surface area contributed by atoms with E-state index >= 15 is 0 Å². The quantitative estimate of drug-likeness (QED) is 0.684. The lowest BCUT2D eigenvalue weighted by molar-refractivity contribution is 0.270. The van der Waals surface area contributed by atoms with E-state index in [1.54, 1.807) is 30.1 Å². The van der Waals surface area contributed by atoms with Gasteiger partial charge in [-0.05, 0) is 30.2 Å². The normalized spacial score (nSPS) is 11.0. The highest BCUT2D eigenvalue weighted by molar-refractivity contribution is 7.98. The lowest BCUT2D eigenvalue weighted by atomic mass is 10.1. The van der Waals surface area contributed by atoms with Gasteiger partial charge in [0.1, 0.15) is 5.82 Å². The second-order valence-electron chi connectivity index (χ2n) is 5.68. The fourth-order valence-electron chi connectivity index (χ4n) is 2.52. The molecule has 124 valence electrons. The summed E-state index contributed by atoms with van der Waals surface area (Å²) < 4.78 is 15.0. The van der Waals surface area contributed by atoms with Crippen LogP contribution in [-0.4, -0.2) is 14.7 Å². The molecule has 1 heterocycles. The van der Waals surface area contributed by atoms with E-state index in [1.807, 2.05) is 10.6 Å². The van der Waals surface area contributed by atoms with Gasteiger partial charge in [0.05, 0.1) is 18.5 Å². The summed E-state index contributed by atoms with van der Waals surface area (Å²) in [4.78, 5) is 4.43. The summed E-state index contributed by atoms with van der Waals surface area (Å²) in [5, 5.41) is 10.4. The van der Waals surface area contributed by atoms with Crippen molar-refractivity contribution in [2.24, 2.45) is 0 Å². The molecular weight excluding hydrogens is 323 g/mol. The van der Waals surface area contributed by atoms with E-state index in [0.29, 0.717) is 12.3 Å². The smallest absolute Gasteiger partial charge is 0.168 e. The van der Waals surface area contributed by atoms with E-state index in [1.165, 1.54) is 23.3 Å². The van der Waals surface area contributed by atoms with Crippen molar-refractivity contribution in [3.05, 3.63) is 82.9 Å². The van der Waals surface area contributed by atoms with Crippen molar-refractivity contribution < 1.29 is 9.50 Å². The Hall–Kier alpha value is -2.11. The molecule has 1 aromatic heterocycles. The molecule has 2 aromatic carbocycles. The Labute approximate surface area is 145 Å². The summed E-state index contributed by atoms with van der Waals surface area (Å²) in [6.07, 6.45) is 1.71. The minimum atomic E-state index is -0.229. The van der Waals surface area contributed by atoms with Gasteiger partial charge in [-0.3, -0.25) is 0 Å². The Bertz CT molecular complexity index is 814. The summed E-state index contributed by atoms with van der Waals surface area (Å²) in [5.74, 6) is 0.475. The lowest BCUT2D eigenvalue weighted by Gasteiger charge is -2.11. The van der Waals surface area contributed by atoms with Crippen LogP contribution in [0.4, 0.5) is 4.39 Å². The Kier molecular flexibility index (Phi) is 5.33. The molecule has 24 heavy (non-hydrogen) atoms. The average molecular weight is 342 g/mol. The number of hydrogen-bond donors (Lipinski definition) is 1. The van der Waals surface area contributed by atoms with Gasteiger partial charge in [0.25, 0.3) is 0 Å². The van der Waals surface area contributed by atoms with Crippen LogP contribution >= 0.6 is 11.8 Å². The number of aliphatic hydroxyl groups is 1. The van der Waals surface area contributed by atoms with Crippen LogP contribution in [0, 0.1) is 12.7 Å². The number of aromatic nitrogens is 2. The third-order valence-electron chi connectivity index (χ3n) is 3.77. The fourth-order valence-corrected chi connectivity index (χ4v) is 3.48. The van der Waals surface area contributed by atoms with Crippen molar-refractivity contribution >= 4 is 11.8 Å². The Morgan fingerprint density at radius 2 is 1.92 bits per heavy atom. The second kappa shape index (κ2) is 7.64. The first kappa shape index (κ1) is 16.7. The predicted octanol–water partition coefficient (Wildman–Crippen LogP) is 4.16. The number of halogens is 1. The predicted molar refractivity (Wildman–Crippen MR) is 94.4 cm³/mol. The second-order valence-corrected chi connectivity index (χ2v) is 6.62. The standard InChI is InChI=1S/C19H19FN2OS/c1-14-3-2-4-16(9-14)11-22-18(12-23)10-21-19(22)24-13-15-5-7-17(20)8-6-15/h2-10,23H,11-13H2,1H3. The maximum atomic E-state index is 13.0. The fraction of sp³-hybridized carbons (Fsp3) is 0.211. The number of rotatable bonds is 6. The zero-order chi connectivity index (χ0) is 16.9. The first-order valence-electron chi connectivity index (χ1n) is 7.74. The molecule has 0 bridgehead atoms.